The lowest BCUT2D eigenvalue weighted by molar-refractivity contribution is 0.142. The minimum Gasteiger partial charge on any atom is -0.316 e. The molecule has 2 aliphatic rings. The maximum Gasteiger partial charge on any atom is 0.0465 e. The summed E-state index contributed by atoms with van der Waals surface area (Å²) in [6.07, 6.45) is 1.29. The van der Waals surface area contributed by atoms with E-state index in [1.165, 1.54) is 19.5 Å². The summed E-state index contributed by atoms with van der Waals surface area (Å²) in [6.45, 7) is 5.56. The standard InChI is InChI=1S/C14H18Cl2N2.ClH/c15-13-2-1-3-14(16)12(13)9-18-5-4-10-6-17-7-11(10)8-18;/h1-3,10-11,17H,4-9H2;1H. The molecule has 1 aromatic carbocycles. The molecule has 5 heteroatoms. The molecule has 0 saturated carbocycles. The summed E-state index contributed by atoms with van der Waals surface area (Å²) < 4.78 is 0. The lowest BCUT2D eigenvalue weighted by Crippen LogP contribution is -2.39. The Morgan fingerprint density at radius 2 is 1.84 bits per heavy atom. The van der Waals surface area contributed by atoms with Gasteiger partial charge in [-0.05, 0) is 50.0 Å². The summed E-state index contributed by atoms with van der Waals surface area (Å²) in [5.41, 5.74) is 1.07. The van der Waals surface area contributed by atoms with Gasteiger partial charge in [0.05, 0.1) is 0 Å². The molecule has 2 atom stereocenters. The monoisotopic (exact) mass is 320 g/mol. The number of hydrogen-bond acceptors (Lipinski definition) is 2. The molecule has 1 aromatic rings. The Kier molecular flexibility index (Phi) is 5.38. The normalized spacial score (nSPS) is 26.8. The van der Waals surface area contributed by atoms with Crippen LogP contribution in [-0.2, 0) is 6.54 Å². The molecule has 0 aliphatic carbocycles. The van der Waals surface area contributed by atoms with Crippen LogP contribution in [-0.4, -0.2) is 31.1 Å². The number of rotatable bonds is 2. The predicted molar refractivity (Wildman–Crippen MR) is 83.5 cm³/mol. The minimum atomic E-state index is 0. The second-order valence-electron chi connectivity index (χ2n) is 5.40. The van der Waals surface area contributed by atoms with Crippen molar-refractivity contribution in [3.05, 3.63) is 33.8 Å². The van der Waals surface area contributed by atoms with Crippen molar-refractivity contribution in [2.75, 3.05) is 26.2 Å². The maximum absolute atomic E-state index is 6.24. The fourth-order valence-corrected chi connectivity index (χ4v) is 3.68. The van der Waals surface area contributed by atoms with Crippen molar-refractivity contribution in [3.63, 3.8) is 0 Å². The maximum atomic E-state index is 6.24. The van der Waals surface area contributed by atoms with Crippen LogP contribution in [0.5, 0.6) is 0 Å². The number of hydrogen-bond donors (Lipinski definition) is 1. The van der Waals surface area contributed by atoms with E-state index in [0.717, 1.165) is 47.1 Å². The molecule has 2 aliphatic heterocycles. The highest BCUT2D eigenvalue weighted by Crippen LogP contribution is 2.30. The molecule has 2 heterocycles. The van der Waals surface area contributed by atoms with Gasteiger partial charge in [-0.2, -0.15) is 0 Å². The minimum absolute atomic E-state index is 0. The van der Waals surface area contributed by atoms with Crippen LogP contribution in [0.15, 0.2) is 18.2 Å². The van der Waals surface area contributed by atoms with Crippen LogP contribution in [0.3, 0.4) is 0 Å². The number of benzene rings is 1. The number of nitrogens with zero attached hydrogens (tertiary/aromatic N) is 1. The van der Waals surface area contributed by atoms with Gasteiger partial charge in [0, 0.05) is 28.7 Å². The molecule has 19 heavy (non-hydrogen) atoms. The van der Waals surface area contributed by atoms with Gasteiger partial charge >= 0.3 is 0 Å². The van der Waals surface area contributed by atoms with E-state index in [9.17, 15) is 0 Å². The van der Waals surface area contributed by atoms with Gasteiger partial charge in [0.2, 0.25) is 0 Å². The largest absolute Gasteiger partial charge is 0.316 e. The summed E-state index contributed by atoms with van der Waals surface area (Å²) in [5, 5.41) is 5.07. The van der Waals surface area contributed by atoms with E-state index in [0.29, 0.717) is 0 Å². The third kappa shape index (κ3) is 3.37. The van der Waals surface area contributed by atoms with Crippen molar-refractivity contribution >= 4 is 35.6 Å². The third-order valence-corrected chi connectivity index (χ3v) is 4.94. The molecule has 0 aromatic heterocycles. The molecule has 2 nitrogen and oxygen atoms in total. The molecule has 0 radical (unpaired) electrons. The number of nitrogens with one attached hydrogen (secondary N) is 1. The van der Waals surface area contributed by atoms with Gasteiger partial charge < -0.3 is 5.32 Å². The van der Waals surface area contributed by atoms with Crippen LogP contribution in [0.4, 0.5) is 0 Å². The van der Waals surface area contributed by atoms with Crippen LogP contribution < -0.4 is 5.32 Å². The summed E-state index contributed by atoms with van der Waals surface area (Å²) >= 11 is 12.5. The zero-order valence-corrected chi connectivity index (χ0v) is 13.1. The highest BCUT2D eigenvalue weighted by atomic mass is 35.5. The highest BCUT2D eigenvalue weighted by molar-refractivity contribution is 6.35. The topological polar surface area (TPSA) is 15.3 Å². The van der Waals surface area contributed by atoms with E-state index >= 15 is 0 Å². The predicted octanol–water partition coefficient (Wildman–Crippen LogP) is 3.46. The summed E-state index contributed by atoms with van der Waals surface area (Å²) in [5.74, 6) is 1.68. The molecule has 2 fully saturated rings. The van der Waals surface area contributed by atoms with Crippen LogP contribution in [0.1, 0.15) is 12.0 Å². The Morgan fingerprint density at radius 3 is 2.58 bits per heavy atom. The van der Waals surface area contributed by atoms with E-state index in [-0.39, 0.29) is 12.4 Å². The van der Waals surface area contributed by atoms with Crippen LogP contribution in [0.25, 0.3) is 0 Å². The second kappa shape index (κ2) is 6.64. The van der Waals surface area contributed by atoms with Crippen molar-refractivity contribution in [1.29, 1.82) is 0 Å². The zero-order chi connectivity index (χ0) is 12.5. The van der Waals surface area contributed by atoms with Gasteiger partial charge in [-0.3, -0.25) is 4.90 Å². The van der Waals surface area contributed by atoms with Crippen LogP contribution in [0, 0.1) is 11.8 Å². The Hall–Kier alpha value is 0.01000. The van der Waals surface area contributed by atoms with Crippen molar-refractivity contribution in [2.45, 2.75) is 13.0 Å². The fraction of sp³-hybridized carbons (Fsp3) is 0.571. The van der Waals surface area contributed by atoms with Gasteiger partial charge in [0.1, 0.15) is 0 Å². The first kappa shape index (κ1) is 15.4. The molecule has 3 rings (SSSR count). The lowest BCUT2D eigenvalue weighted by Gasteiger charge is -2.34. The van der Waals surface area contributed by atoms with Crippen molar-refractivity contribution in [2.24, 2.45) is 11.8 Å². The quantitative estimate of drug-likeness (QED) is 0.897. The molecule has 1 N–H and O–H groups in total. The van der Waals surface area contributed by atoms with E-state index in [4.69, 9.17) is 23.2 Å². The molecule has 2 unspecified atom stereocenters. The summed E-state index contributed by atoms with van der Waals surface area (Å²) in [7, 11) is 0. The Morgan fingerprint density at radius 1 is 1.16 bits per heavy atom. The van der Waals surface area contributed by atoms with E-state index in [1.807, 2.05) is 18.2 Å². The molecule has 0 amide bonds. The third-order valence-electron chi connectivity index (χ3n) is 4.23. The van der Waals surface area contributed by atoms with E-state index in [2.05, 4.69) is 10.2 Å². The fourth-order valence-electron chi connectivity index (χ4n) is 3.16. The number of fused-ring (bicyclic) bond motifs is 1. The molecule has 106 valence electrons. The second-order valence-corrected chi connectivity index (χ2v) is 6.22. The van der Waals surface area contributed by atoms with Crippen molar-refractivity contribution in [1.82, 2.24) is 10.2 Å². The summed E-state index contributed by atoms with van der Waals surface area (Å²) in [4.78, 5) is 2.49. The number of piperidine rings is 1. The molecular weight excluding hydrogens is 303 g/mol. The van der Waals surface area contributed by atoms with Crippen LogP contribution in [0.2, 0.25) is 10.0 Å². The van der Waals surface area contributed by atoms with Crippen molar-refractivity contribution < 1.29 is 0 Å². The van der Waals surface area contributed by atoms with E-state index in [1.54, 1.807) is 0 Å². The average molecular weight is 322 g/mol. The lowest BCUT2D eigenvalue weighted by atomic mass is 9.88. The van der Waals surface area contributed by atoms with Crippen molar-refractivity contribution in [3.8, 4) is 0 Å². The Balaban J connectivity index is 0.00000133. The van der Waals surface area contributed by atoms with Gasteiger partial charge in [-0.15, -0.1) is 12.4 Å². The first-order chi connectivity index (χ1) is 8.74. The highest BCUT2D eigenvalue weighted by Gasteiger charge is 2.32. The van der Waals surface area contributed by atoms with Gasteiger partial charge in [-0.25, -0.2) is 0 Å². The Labute approximate surface area is 130 Å². The van der Waals surface area contributed by atoms with Gasteiger partial charge in [-0.1, -0.05) is 29.3 Å². The summed E-state index contributed by atoms with van der Waals surface area (Å²) in [6, 6.07) is 5.75. The molecular formula is C14H19Cl3N2. The van der Waals surface area contributed by atoms with Crippen LogP contribution >= 0.6 is 35.6 Å². The zero-order valence-electron chi connectivity index (χ0n) is 10.7. The number of likely N-dealkylation sites (tertiary alicyclic amines) is 1. The molecule has 2 saturated heterocycles. The first-order valence-corrected chi connectivity index (χ1v) is 7.35. The molecule has 0 bridgehead atoms. The number of halogens is 3. The average Bonchev–Trinajstić information content (AvgIpc) is 2.81. The Bertz CT molecular complexity index is 418. The van der Waals surface area contributed by atoms with Gasteiger partial charge in [0.15, 0.2) is 0 Å². The SMILES string of the molecule is Cl.Clc1cccc(Cl)c1CN1CCC2CNCC2C1. The smallest absolute Gasteiger partial charge is 0.0465 e. The first-order valence-electron chi connectivity index (χ1n) is 6.60. The molecule has 0 spiro atoms. The van der Waals surface area contributed by atoms with E-state index < -0.39 is 0 Å². The van der Waals surface area contributed by atoms with Gasteiger partial charge in [0.25, 0.3) is 0 Å².